The van der Waals surface area contributed by atoms with Crippen molar-refractivity contribution >= 4 is 5.91 Å². The van der Waals surface area contributed by atoms with Gasteiger partial charge in [-0.2, -0.15) is 5.10 Å². The van der Waals surface area contributed by atoms with E-state index in [0.29, 0.717) is 0 Å². The Labute approximate surface area is 138 Å². The zero-order valence-electron chi connectivity index (χ0n) is 14.2. The Morgan fingerprint density at radius 2 is 1.91 bits per heavy atom. The topological polar surface area (TPSA) is 38.1 Å². The van der Waals surface area contributed by atoms with Gasteiger partial charge < -0.3 is 4.90 Å². The number of aromatic nitrogens is 2. The Hall–Kier alpha value is -2.10. The molecule has 1 aliphatic rings. The van der Waals surface area contributed by atoms with E-state index in [2.05, 4.69) is 38.0 Å². The average Bonchev–Trinajstić information content (AvgIpc) is 3.00. The Morgan fingerprint density at radius 1 is 1.17 bits per heavy atom. The minimum absolute atomic E-state index is 0.132. The predicted octanol–water partition coefficient (Wildman–Crippen LogP) is 3.93. The van der Waals surface area contributed by atoms with Gasteiger partial charge in [0.05, 0.1) is 23.1 Å². The maximum atomic E-state index is 12.9. The van der Waals surface area contributed by atoms with Gasteiger partial charge in [0.15, 0.2) is 0 Å². The van der Waals surface area contributed by atoms with Crippen molar-refractivity contribution in [3.63, 3.8) is 0 Å². The van der Waals surface area contributed by atoms with Crippen molar-refractivity contribution < 1.29 is 4.79 Å². The first kappa shape index (κ1) is 15.8. The van der Waals surface area contributed by atoms with E-state index in [-0.39, 0.29) is 11.8 Å². The first-order valence-electron chi connectivity index (χ1n) is 8.52. The highest BCUT2D eigenvalue weighted by Crippen LogP contribution is 2.25. The number of hydrogen-bond acceptors (Lipinski definition) is 2. The molecular formula is C19H25N3O. The van der Waals surface area contributed by atoms with Crippen LogP contribution >= 0.6 is 0 Å². The van der Waals surface area contributed by atoms with E-state index < -0.39 is 0 Å². The molecule has 0 bridgehead atoms. The number of rotatable bonds is 3. The lowest BCUT2D eigenvalue weighted by Crippen LogP contribution is -2.36. The molecule has 4 nitrogen and oxygen atoms in total. The molecule has 1 aromatic carbocycles. The van der Waals surface area contributed by atoms with E-state index in [4.69, 9.17) is 0 Å². The zero-order valence-corrected chi connectivity index (χ0v) is 14.2. The van der Waals surface area contributed by atoms with Crippen molar-refractivity contribution in [3.8, 4) is 5.69 Å². The number of likely N-dealkylation sites (tertiary alicyclic amines) is 1. The molecule has 4 heteroatoms. The van der Waals surface area contributed by atoms with Gasteiger partial charge in [-0.3, -0.25) is 4.79 Å². The van der Waals surface area contributed by atoms with Crippen LogP contribution in [0.4, 0.5) is 0 Å². The van der Waals surface area contributed by atoms with Crippen LogP contribution in [-0.4, -0.2) is 33.7 Å². The van der Waals surface area contributed by atoms with Crippen molar-refractivity contribution in [1.82, 2.24) is 14.7 Å². The number of piperidine rings is 1. The van der Waals surface area contributed by atoms with Crippen LogP contribution < -0.4 is 0 Å². The Morgan fingerprint density at radius 3 is 2.57 bits per heavy atom. The van der Waals surface area contributed by atoms with Crippen LogP contribution in [0.1, 0.15) is 60.6 Å². The van der Waals surface area contributed by atoms with Gasteiger partial charge >= 0.3 is 0 Å². The molecule has 0 saturated carbocycles. The fourth-order valence-electron chi connectivity index (χ4n) is 3.31. The summed E-state index contributed by atoms with van der Waals surface area (Å²) in [5.74, 6) is 0.369. The minimum Gasteiger partial charge on any atom is -0.339 e. The lowest BCUT2D eigenvalue weighted by molar-refractivity contribution is 0.0722. The monoisotopic (exact) mass is 311 g/mol. The molecule has 0 aliphatic carbocycles. The van der Waals surface area contributed by atoms with Crippen LogP contribution in [0, 0.1) is 6.92 Å². The van der Waals surface area contributed by atoms with Gasteiger partial charge in [-0.05, 0) is 49.8 Å². The number of amides is 1. The fourth-order valence-corrected chi connectivity index (χ4v) is 3.31. The van der Waals surface area contributed by atoms with E-state index in [1.165, 1.54) is 12.0 Å². The number of carbonyl (C=O) groups is 1. The van der Waals surface area contributed by atoms with E-state index in [0.717, 1.165) is 42.9 Å². The Kier molecular flexibility index (Phi) is 4.51. The number of carbonyl (C=O) groups excluding carboxylic acids is 1. The first-order valence-corrected chi connectivity index (χ1v) is 8.52. The van der Waals surface area contributed by atoms with Gasteiger partial charge in [0.1, 0.15) is 0 Å². The van der Waals surface area contributed by atoms with E-state index in [1.54, 1.807) is 6.20 Å². The summed E-state index contributed by atoms with van der Waals surface area (Å²) in [5, 5.41) is 4.53. The number of benzene rings is 1. The van der Waals surface area contributed by atoms with Crippen LogP contribution in [0.15, 0.2) is 30.5 Å². The van der Waals surface area contributed by atoms with Crippen LogP contribution in [0.3, 0.4) is 0 Å². The molecule has 0 spiro atoms. The van der Waals surface area contributed by atoms with Crippen molar-refractivity contribution in [2.45, 2.75) is 46.0 Å². The van der Waals surface area contributed by atoms with Crippen molar-refractivity contribution in [1.29, 1.82) is 0 Å². The molecule has 2 aromatic rings. The molecular weight excluding hydrogens is 286 g/mol. The number of nitrogens with zero attached hydrogens (tertiary/aromatic N) is 3. The first-order chi connectivity index (χ1) is 11.1. The molecule has 0 radical (unpaired) electrons. The van der Waals surface area contributed by atoms with Crippen LogP contribution in [0.2, 0.25) is 0 Å². The smallest absolute Gasteiger partial charge is 0.257 e. The predicted molar refractivity (Wildman–Crippen MR) is 92.1 cm³/mol. The highest BCUT2D eigenvalue weighted by atomic mass is 16.2. The fraction of sp³-hybridized carbons (Fsp3) is 0.474. The van der Waals surface area contributed by atoms with Crippen molar-refractivity contribution in [2.24, 2.45) is 0 Å². The average molecular weight is 311 g/mol. The molecule has 1 aliphatic heterocycles. The third-order valence-corrected chi connectivity index (χ3v) is 4.47. The molecule has 0 unspecified atom stereocenters. The van der Waals surface area contributed by atoms with Gasteiger partial charge in [0.2, 0.25) is 0 Å². The normalized spacial score (nSPS) is 15.2. The summed E-state index contributed by atoms with van der Waals surface area (Å²) in [6, 6.07) is 8.25. The molecule has 2 heterocycles. The number of aryl methyl sites for hydroxylation is 1. The van der Waals surface area contributed by atoms with Crippen LogP contribution in [-0.2, 0) is 0 Å². The molecule has 0 N–H and O–H groups in total. The maximum Gasteiger partial charge on any atom is 0.257 e. The van der Waals surface area contributed by atoms with E-state index in [9.17, 15) is 4.79 Å². The Bertz CT molecular complexity index is 696. The van der Waals surface area contributed by atoms with Gasteiger partial charge in [0, 0.05) is 13.1 Å². The standard InChI is InChI=1S/C19H25N3O/c1-14(2)18-17(19(23)21-10-5-4-6-11-21)13-20-22(18)16-9-7-8-15(3)12-16/h7-9,12-14H,4-6,10-11H2,1-3H3. The summed E-state index contributed by atoms with van der Waals surface area (Å²) in [6.07, 6.45) is 5.18. The zero-order chi connectivity index (χ0) is 16.4. The van der Waals surface area contributed by atoms with Gasteiger partial charge in [-0.25, -0.2) is 4.68 Å². The third-order valence-electron chi connectivity index (χ3n) is 4.47. The molecule has 1 fully saturated rings. The van der Waals surface area contributed by atoms with Crippen LogP contribution in [0.5, 0.6) is 0 Å². The van der Waals surface area contributed by atoms with Gasteiger partial charge in [0.25, 0.3) is 5.91 Å². The molecule has 1 aromatic heterocycles. The second-order valence-electron chi connectivity index (χ2n) is 6.70. The Balaban J connectivity index is 2.00. The summed E-state index contributed by atoms with van der Waals surface area (Å²) in [6.45, 7) is 8.05. The summed E-state index contributed by atoms with van der Waals surface area (Å²) in [7, 11) is 0. The number of hydrogen-bond donors (Lipinski definition) is 0. The summed E-state index contributed by atoms with van der Waals surface area (Å²) in [5.41, 5.74) is 3.97. The molecule has 122 valence electrons. The van der Waals surface area contributed by atoms with Gasteiger partial charge in [-0.15, -0.1) is 0 Å². The second kappa shape index (κ2) is 6.57. The molecule has 23 heavy (non-hydrogen) atoms. The minimum atomic E-state index is 0.132. The van der Waals surface area contributed by atoms with Crippen molar-refractivity contribution in [2.75, 3.05) is 13.1 Å². The molecule has 1 saturated heterocycles. The lowest BCUT2D eigenvalue weighted by Gasteiger charge is -2.27. The quantitative estimate of drug-likeness (QED) is 0.861. The highest BCUT2D eigenvalue weighted by molar-refractivity contribution is 5.95. The SMILES string of the molecule is Cc1cccc(-n2ncc(C(=O)N3CCCCC3)c2C(C)C)c1. The summed E-state index contributed by atoms with van der Waals surface area (Å²) >= 11 is 0. The van der Waals surface area contributed by atoms with Gasteiger partial charge in [-0.1, -0.05) is 26.0 Å². The second-order valence-corrected chi connectivity index (χ2v) is 6.70. The third kappa shape index (κ3) is 3.16. The van der Waals surface area contributed by atoms with Crippen molar-refractivity contribution in [3.05, 3.63) is 47.3 Å². The maximum absolute atomic E-state index is 12.9. The van der Waals surface area contributed by atoms with E-state index in [1.807, 2.05) is 21.7 Å². The largest absolute Gasteiger partial charge is 0.339 e. The lowest BCUT2D eigenvalue weighted by atomic mass is 10.0. The van der Waals surface area contributed by atoms with E-state index >= 15 is 0 Å². The summed E-state index contributed by atoms with van der Waals surface area (Å²) in [4.78, 5) is 14.9. The molecule has 1 amide bonds. The van der Waals surface area contributed by atoms with Crippen LogP contribution in [0.25, 0.3) is 5.69 Å². The molecule has 3 rings (SSSR count). The highest BCUT2D eigenvalue weighted by Gasteiger charge is 2.25. The molecule has 0 atom stereocenters. The summed E-state index contributed by atoms with van der Waals surface area (Å²) < 4.78 is 1.93.